The smallest absolute Gasteiger partial charge is 0.343 e. The van der Waals surface area contributed by atoms with Crippen LogP contribution in [0.4, 0.5) is 5.69 Å². The quantitative estimate of drug-likeness (QED) is 0.503. The highest BCUT2D eigenvalue weighted by molar-refractivity contribution is 14.1. The summed E-state index contributed by atoms with van der Waals surface area (Å²) in [5.74, 6) is -1.32. The summed E-state index contributed by atoms with van der Waals surface area (Å²) in [5, 5.41) is 24.0. The summed E-state index contributed by atoms with van der Waals surface area (Å²) in [6.45, 7) is 0.173. The number of hydrogen-bond donors (Lipinski definition) is 1. The van der Waals surface area contributed by atoms with Crippen molar-refractivity contribution in [3.8, 4) is 0 Å². The lowest BCUT2D eigenvalue weighted by Crippen LogP contribution is -2.10. The molecule has 19 heavy (non-hydrogen) atoms. The SMILES string of the molecule is O=C(O)c1c(Cn2cc(I)cn2)cccc1[N+](=O)[O-]. The van der Waals surface area contributed by atoms with Gasteiger partial charge in [-0.05, 0) is 28.2 Å². The van der Waals surface area contributed by atoms with Crippen molar-refractivity contribution in [3.05, 3.63) is 55.4 Å². The van der Waals surface area contributed by atoms with Crippen LogP contribution in [0.25, 0.3) is 0 Å². The summed E-state index contributed by atoms with van der Waals surface area (Å²) in [4.78, 5) is 21.4. The molecule has 0 aliphatic carbocycles. The maximum absolute atomic E-state index is 11.2. The van der Waals surface area contributed by atoms with Crippen LogP contribution in [0, 0.1) is 13.7 Å². The number of carboxylic acid groups (broad SMARTS) is 1. The number of aromatic nitrogens is 2. The first-order valence-corrected chi connectivity index (χ1v) is 6.24. The van der Waals surface area contributed by atoms with Crippen molar-refractivity contribution in [1.29, 1.82) is 0 Å². The van der Waals surface area contributed by atoms with Crippen LogP contribution >= 0.6 is 22.6 Å². The Hall–Kier alpha value is -1.97. The number of rotatable bonds is 4. The van der Waals surface area contributed by atoms with Gasteiger partial charge in [0.1, 0.15) is 5.56 Å². The average molecular weight is 373 g/mol. The predicted octanol–water partition coefficient (Wildman–Crippen LogP) is 2.14. The summed E-state index contributed by atoms with van der Waals surface area (Å²) >= 11 is 2.07. The summed E-state index contributed by atoms with van der Waals surface area (Å²) in [6, 6.07) is 4.19. The number of nitro benzene ring substituents is 1. The number of halogens is 1. The van der Waals surface area contributed by atoms with Gasteiger partial charge in [0.15, 0.2) is 0 Å². The molecule has 0 aliphatic rings. The van der Waals surface area contributed by atoms with E-state index in [9.17, 15) is 14.9 Å². The Kier molecular flexibility index (Phi) is 3.79. The summed E-state index contributed by atoms with van der Waals surface area (Å²) in [5.41, 5.74) is -0.355. The van der Waals surface area contributed by atoms with Crippen molar-refractivity contribution < 1.29 is 14.8 Å². The second kappa shape index (κ2) is 5.34. The lowest BCUT2D eigenvalue weighted by atomic mass is 10.1. The van der Waals surface area contributed by atoms with Crippen LogP contribution < -0.4 is 0 Å². The molecule has 0 atom stereocenters. The van der Waals surface area contributed by atoms with Crippen LogP contribution in [0.1, 0.15) is 15.9 Å². The molecule has 0 spiro atoms. The molecule has 1 heterocycles. The highest BCUT2D eigenvalue weighted by Crippen LogP contribution is 2.23. The van der Waals surface area contributed by atoms with Crippen LogP contribution in [0.2, 0.25) is 0 Å². The fourth-order valence-corrected chi connectivity index (χ4v) is 2.16. The van der Waals surface area contributed by atoms with E-state index in [2.05, 4.69) is 27.7 Å². The lowest BCUT2D eigenvalue weighted by Gasteiger charge is -2.06. The molecular formula is C11H8IN3O4. The zero-order valence-electron chi connectivity index (χ0n) is 9.49. The molecule has 0 aliphatic heterocycles. The third-order valence-electron chi connectivity index (χ3n) is 2.47. The van der Waals surface area contributed by atoms with E-state index >= 15 is 0 Å². The molecule has 98 valence electrons. The predicted molar refractivity (Wildman–Crippen MR) is 74.1 cm³/mol. The van der Waals surface area contributed by atoms with Crippen LogP contribution in [0.15, 0.2) is 30.6 Å². The van der Waals surface area contributed by atoms with Crippen LogP contribution in [0.3, 0.4) is 0 Å². The zero-order chi connectivity index (χ0) is 14.0. The van der Waals surface area contributed by atoms with E-state index in [1.807, 2.05) is 0 Å². The molecule has 1 aromatic carbocycles. The maximum atomic E-state index is 11.2. The van der Waals surface area contributed by atoms with E-state index in [0.717, 1.165) is 3.57 Å². The van der Waals surface area contributed by atoms with Gasteiger partial charge in [-0.1, -0.05) is 12.1 Å². The van der Waals surface area contributed by atoms with Crippen molar-refractivity contribution in [3.63, 3.8) is 0 Å². The van der Waals surface area contributed by atoms with E-state index in [-0.39, 0.29) is 12.1 Å². The number of hydrogen-bond acceptors (Lipinski definition) is 4. The Morgan fingerprint density at radius 2 is 2.26 bits per heavy atom. The van der Waals surface area contributed by atoms with Gasteiger partial charge in [-0.2, -0.15) is 5.10 Å². The van der Waals surface area contributed by atoms with Gasteiger partial charge in [0.05, 0.1) is 21.2 Å². The number of carbonyl (C=O) groups is 1. The second-order valence-electron chi connectivity index (χ2n) is 3.73. The molecule has 1 aromatic heterocycles. The Morgan fingerprint density at radius 1 is 1.53 bits per heavy atom. The summed E-state index contributed by atoms with van der Waals surface area (Å²) < 4.78 is 2.44. The van der Waals surface area contributed by atoms with Crippen LogP contribution in [0.5, 0.6) is 0 Å². The van der Waals surface area contributed by atoms with E-state index in [4.69, 9.17) is 5.11 Å². The van der Waals surface area contributed by atoms with Gasteiger partial charge >= 0.3 is 5.97 Å². The standard InChI is InChI=1S/C11H8IN3O4/c12-8-4-13-14(6-8)5-7-2-1-3-9(15(18)19)10(7)11(16)17/h1-4,6H,5H2,(H,16,17). The lowest BCUT2D eigenvalue weighted by molar-refractivity contribution is -0.385. The van der Waals surface area contributed by atoms with Crippen molar-refractivity contribution in [2.24, 2.45) is 0 Å². The van der Waals surface area contributed by atoms with Crippen molar-refractivity contribution in [2.45, 2.75) is 6.54 Å². The molecular weight excluding hydrogens is 365 g/mol. The van der Waals surface area contributed by atoms with Crippen molar-refractivity contribution in [2.75, 3.05) is 0 Å². The summed E-state index contributed by atoms with van der Waals surface area (Å²) in [7, 11) is 0. The fraction of sp³-hybridized carbons (Fsp3) is 0.0909. The Morgan fingerprint density at radius 3 is 2.79 bits per heavy atom. The van der Waals surface area contributed by atoms with Gasteiger partial charge in [0.2, 0.25) is 0 Å². The summed E-state index contributed by atoms with van der Waals surface area (Å²) in [6.07, 6.45) is 3.35. The van der Waals surface area contributed by atoms with Gasteiger partial charge in [-0.25, -0.2) is 4.79 Å². The third kappa shape index (κ3) is 2.89. The number of aromatic carboxylic acids is 1. The molecule has 7 nitrogen and oxygen atoms in total. The van der Waals surface area contributed by atoms with Crippen molar-refractivity contribution in [1.82, 2.24) is 9.78 Å². The van der Waals surface area contributed by atoms with E-state index in [0.29, 0.717) is 5.56 Å². The van der Waals surface area contributed by atoms with Gasteiger partial charge in [-0.15, -0.1) is 0 Å². The Labute approximate surface area is 121 Å². The number of benzene rings is 1. The van der Waals surface area contributed by atoms with E-state index in [1.165, 1.54) is 16.8 Å². The first-order chi connectivity index (χ1) is 8.99. The van der Waals surface area contributed by atoms with E-state index < -0.39 is 16.6 Å². The van der Waals surface area contributed by atoms with Gasteiger partial charge in [0.25, 0.3) is 5.69 Å². The fourth-order valence-electron chi connectivity index (χ4n) is 1.72. The minimum atomic E-state index is -1.32. The normalized spacial score (nSPS) is 10.4. The molecule has 8 heteroatoms. The molecule has 2 aromatic rings. The highest BCUT2D eigenvalue weighted by atomic mass is 127. The van der Waals surface area contributed by atoms with Gasteiger partial charge < -0.3 is 5.11 Å². The monoisotopic (exact) mass is 373 g/mol. The second-order valence-corrected chi connectivity index (χ2v) is 4.98. The minimum absolute atomic E-state index is 0.173. The molecule has 0 fully saturated rings. The van der Waals surface area contributed by atoms with Crippen LogP contribution in [-0.2, 0) is 6.54 Å². The first kappa shape index (κ1) is 13.5. The topological polar surface area (TPSA) is 98.3 Å². The zero-order valence-corrected chi connectivity index (χ0v) is 11.6. The third-order valence-corrected chi connectivity index (χ3v) is 3.03. The first-order valence-electron chi connectivity index (χ1n) is 5.16. The molecule has 0 saturated heterocycles. The van der Waals surface area contributed by atoms with Gasteiger partial charge in [-0.3, -0.25) is 14.8 Å². The number of nitro groups is 1. The molecule has 0 radical (unpaired) electrons. The molecule has 1 N–H and O–H groups in total. The molecule has 0 unspecified atom stereocenters. The largest absolute Gasteiger partial charge is 0.477 e. The Balaban J connectivity index is 2.47. The maximum Gasteiger partial charge on any atom is 0.343 e. The minimum Gasteiger partial charge on any atom is -0.477 e. The van der Waals surface area contributed by atoms with Gasteiger partial charge in [0, 0.05) is 12.3 Å². The van der Waals surface area contributed by atoms with Crippen LogP contribution in [-0.4, -0.2) is 25.8 Å². The van der Waals surface area contributed by atoms with Crippen molar-refractivity contribution >= 4 is 34.2 Å². The number of carboxylic acids is 1. The highest BCUT2D eigenvalue weighted by Gasteiger charge is 2.23. The van der Waals surface area contributed by atoms with E-state index in [1.54, 1.807) is 18.5 Å². The average Bonchev–Trinajstić information content (AvgIpc) is 2.74. The molecule has 2 rings (SSSR count). The number of nitrogens with zero attached hydrogens (tertiary/aromatic N) is 3. The molecule has 0 amide bonds. The molecule has 0 bridgehead atoms. The Bertz CT molecular complexity index is 653. The molecule has 0 saturated carbocycles.